The summed E-state index contributed by atoms with van der Waals surface area (Å²) in [5.74, 6) is -0.00713. The Balaban J connectivity index is 3.70. The predicted molar refractivity (Wildman–Crippen MR) is 57.8 cm³/mol. The average Bonchev–Trinajstić information content (AvgIpc) is 2.16. The van der Waals surface area contributed by atoms with Gasteiger partial charge >= 0.3 is 0 Å². The third kappa shape index (κ3) is 2.04. The zero-order valence-corrected chi connectivity index (χ0v) is 9.69. The SMILES string of the molecule is CC(C)c1c(C#N)c(Cl)nc(Cl)c1C#N. The Morgan fingerprint density at radius 1 is 1.07 bits per heavy atom. The van der Waals surface area contributed by atoms with Crippen molar-refractivity contribution in [2.24, 2.45) is 0 Å². The van der Waals surface area contributed by atoms with E-state index in [4.69, 9.17) is 33.7 Å². The highest BCUT2D eigenvalue weighted by Crippen LogP contribution is 2.31. The van der Waals surface area contributed by atoms with E-state index < -0.39 is 0 Å². The van der Waals surface area contributed by atoms with Crippen LogP contribution in [0.5, 0.6) is 0 Å². The first-order chi connectivity index (χ1) is 7.02. The lowest BCUT2D eigenvalue weighted by Crippen LogP contribution is -2.01. The van der Waals surface area contributed by atoms with Crippen LogP contribution in [0.15, 0.2) is 0 Å². The second kappa shape index (κ2) is 4.49. The highest BCUT2D eigenvalue weighted by atomic mass is 35.5. The van der Waals surface area contributed by atoms with Crippen molar-refractivity contribution in [2.45, 2.75) is 19.8 Å². The minimum absolute atomic E-state index is 0.00713. The molecule has 0 saturated carbocycles. The average molecular weight is 240 g/mol. The molecule has 0 spiro atoms. The first-order valence-electron chi connectivity index (χ1n) is 4.22. The molecule has 0 fully saturated rings. The number of nitriles is 2. The van der Waals surface area contributed by atoms with Crippen molar-refractivity contribution in [1.82, 2.24) is 4.98 Å². The molecule has 15 heavy (non-hydrogen) atoms. The largest absolute Gasteiger partial charge is 0.222 e. The van der Waals surface area contributed by atoms with Gasteiger partial charge in [0.2, 0.25) is 0 Å². The summed E-state index contributed by atoms with van der Waals surface area (Å²) in [7, 11) is 0. The topological polar surface area (TPSA) is 60.5 Å². The maximum Gasteiger partial charge on any atom is 0.148 e. The van der Waals surface area contributed by atoms with Crippen molar-refractivity contribution in [3.8, 4) is 12.1 Å². The minimum Gasteiger partial charge on any atom is -0.222 e. The molecule has 1 aromatic heterocycles. The quantitative estimate of drug-likeness (QED) is 0.707. The molecule has 1 rings (SSSR count). The van der Waals surface area contributed by atoms with Gasteiger partial charge in [-0.2, -0.15) is 10.5 Å². The summed E-state index contributed by atoms with van der Waals surface area (Å²) in [4.78, 5) is 3.74. The Kier molecular flexibility index (Phi) is 3.52. The van der Waals surface area contributed by atoms with Crippen LogP contribution in [-0.4, -0.2) is 4.98 Å². The maximum atomic E-state index is 8.93. The first-order valence-corrected chi connectivity index (χ1v) is 4.97. The van der Waals surface area contributed by atoms with E-state index >= 15 is 0 Å². The summed E-state index contributed by atoms with van der Waals surface area (Å²) in [5, 5.41) is 18.0. The van der Waals surface area contributed by atoms with Gasteiger partial charge in [-0.3, -0.25) is 0 Å². The van der Waals surface area contributed by atoms with Crippen LogP contribution in [0.1, 0.15) is 36.5 Å². The van der Waals surface area contributed by atoms with Crippen molar-refractivity contribution in [1.29, 1.82) is 10.5 Å². The van der Waals surface area contributed by atoms with Crippen LogP contribution in [0.2, 0.25) is 10.3 Å². The van der Waals surface area contributed by atoms with Crippen LogP contribution in [0.25, 0.3) is 0 Å². The minimum atomic E-state index is -0.00713. The standard InChI is InChI=1S/C10H7Cl2N3/c1-5(2)8-6(3-13)9(11)15-10(12)7(8)4-14/h5H,1-2H3. The second-order valence-corrected chi connectivity index (χ2v) is 3.95. The Morgan fingerprint density at radius 3 is 1.73 bits per heavy atom. The third-order valence-electron chi connectivity index (χ3n) is 1.95. The van der Waals surface area contributed by atoms with Crippen molar-refractivity contribution in [3.63, 3.8) is 0 Å². The van der Waals surface area contributed by atoms with Gasteiger partial charge in [-0.05, 0) is 11.5 Å². The highest BCUT2D eigenvalue weighted by molar-refractivity contribution is 6.34. The van der Waals surface area contributed by atoms with E-state index in [-0.39, 0.29) is 27.4 Å². The molecule has 3 nitrogen and oxygen atoms in total. The molecule has 0 bridgehead atoms. The van der Waals surface area contributed by atoms with Crippen molar-refractivity contribution < 1.29 is 0 Å². The summed E-state index contributed by atoms with van der Waals surface area (Å²) >= 11 is 11.6. The fourth-order valence-corrected chi connectivity index (χ4v) is 1.84. The number of nitrogens with zero attached hydrogens (tertiary/aromatic N) is 3. The molecule has 5 heteroatoms. The van der Waals surface area contributed by atoms with Gasteiger partial charge in [0.25, 0.3) is 0 Å². The zero-order valence-electron chi connectivity index (χ0n) is 8.17. The fourth-order valence-electron chi connectivity index (χ4n) is 1.34. The Morgan fingerprint density at radius 2 is 1.47 bits per heavy atom. The lowest BCUT2D eigenvalue weighted by Gasteiger charge is -2.11. The molecule has 0 N–H and O–H groups in total. The summed E-state index contributed by atoms with van der Waals surface area (Å²) in [6, 6.07) is 3.89. The Hall–Kier alpha value is -1.29. The molecule has 0 aromatic carbocycles. The van der Waals surface area contributed by atoms with Crippen LogP contribution in [0.4, 0.5) is 0 Å². The van der Waals surface area contributed by atoms with Crippen molar-refractivity contribution in [2.75, 3.05) is 0 Å². The zero-order chi connectivity index (χ0) is 11.6. The van der Waals surface area contributed by atoms with Crippen LogP contribution in [0, 0.1) is 22.7 Å². The summed E-state index contributed by atoms with van der Waals surface area (Å²) < 4.78 is 0. The highest BCUT2D eigenvalue weighted by Gasteiger charge is 2.19. The number of hydrogen-bond donors (Lipinski definition) is 0. The second-order valence-electron chi connectivity index (χ2n) is 3.24. The molecule has 0 unspecified atom stereocenters. The molecule has 0 aliphatic rings. The first kappa shape index (κ1) is 11.8. The van der Waals surface area contributed by atoms with E-state index in [0.717, 1.165) is 0 Å². The van der Waals surface area contributed by atoms with Crippen LogP contribution < -0.4 is 0 Å². The van der Waals surface area contributed by atoms with Gasteiger partial charge in [-0.25, -0.2) is 4.98 Å². The number of pyridine rings is 1. The van der Waals surface area contributed by atoms with E-state index in [1.165, 1.54) is 0 Å². The van der Waals surface area contributed by atoms with Gasteiger partial charge < -0.3 is 0 Å². The molecule has 0 saturated heterocycles. The molecule has 1 heterocycles. The van der Waals surface area contributed by atoms with E-state index in [1.807, 2.05) is 26.0 Å². The van der Waals surface area contributed by atoms with Gasteiger partial charge in [0.1, 0.15) is 22.4 Å². The molecule has 76 valence electrons. The summed E-state index contributed by atoms with van der Waals surface area (Å²) in [6.45, 7) is 3.73. The smallest absolute Gasteiger partial charge is 0.148 e. The van der Waals surface area contributed by atoms with Crippen molar-refractivity contribution in [3.05, 3.63) is 27.0 Å². The molecule has 0 atom stereocenters. The van der Waals surface area contributed by atoms with E-state index in [1.54, 1.807) is 0 Å². The monoisotopic (exact) mass is 239 g/mol. The van der Waals surface area contributed by atoms with E-state index in [0.29, 0.717) is 5.56 Å². The van der Waals surface area contributed by atoms with E-state index in [9.17, 15) is 0 Å². The predicted octanol–water partition coefficient (Wildman–Crippen LogP) is 3.26. The lowest BCUT2D eigenvalue weighted by molar-refractivity contribution is 0.854. The van der Waals surface area contributed by atoms with Crippen LogP contribution in [-0.2, 0) is 0 Å². The molecule has 0 aliphatic heterocycles. The summed E-state index contributed by atoms with van der Waals surface area (Å²) in [6.07, 6.45) is 0. The molecule has 0 aliphatic carbocycles. The van der Waals surface area contributed by atoms with Crippen LogP contribution in [0.3, 0.4) is 0 Å². The van der Waals surface area contributed by atoms with Crippen molar-refractivity contribution >= 4 is 23.2 Å². The van der Waals surface area contributed by atoms with Gasteiger partial charge in [-0.15, -0.1) is 0 Å². The van der Waals surface area contributed by atoms with Gasteiger partial charge in [0, 0.05) is 0 Å². The fraction of sp³-hybridized carbons (Fsp3) is 0.300. The maximum absolute atomic E-state index is 8.93. The molecular formula is C10H7Cl2N3. The molecule has 0 radical (unpaired) electrons. The number of halogens is 2. The normalized spacial score (nSPS) is 9.80. The van der Waals surface area contributed by atoms with Gasteiger partial charge in [0.15, 0.2) is 0 Å². The van der Waals surface area contributed by atoms with Crippen LogP contribution >= 0.6 is 23.2 Å². The lowest BCUT2D eigenvalue weighted by atomic mass is 9.95. The Labute approximate surface area is 97.9 Å². The number of rotatable bonds is 1. The van der Waals surface area contributed by atoms with E-state index in [2.05, 4.69) is 4.98 Å². The van der Waals surface area contributed by atoms with Gasteiger partial charge in [0.05, 0.1) is 11.1 Å². The molecular weight excluding hydrogens is 233 g/mol. The molecule has 0 amide bonds. The Bertz CT molecular complexity index is 443. The molecule has 1 aromatic rings. The number of hydrogen-bond acceptors (Lipinski definition) is 3. The third-order valence-corrected chi connectivity index (χ3v) is 2.50. The summed E-state index contributed by atoms with van der Waals surface area (Å²) in [5.41, 5.74) is 1.02. The number of aromatic nitrogens is 1. The van der Waals surface area contributed by atoms with Gasteiger partial charge in [-0.1, -0.05) is 37.0 Å².